The molecule has 0 bridgehead atoms. The van der Waals surface area contributed by atoms with E-state index in [-0.39, 0.29) is 35.6 Å². The molecule has 1 aromatic carbocycles. The van der Waals surface area contributed by atoms with Crippen molar-refractivity contribution in [2.75, 3.05) is 11.9 Å². The van der Waals surface area contributed by atoms with Crippen molar-refractivity contribution in [3.05, 3.63) is 28.3 Å². The molecule has 20 heavy (non-hydrogen) atoms. The molecule has 108 valence electrons. The summed E-state index contributed by atoms with van der Waals surface area (Å²) < 4.78 is 5.41. The van der Waals surface area contributed by atoms with Crippen LogP contribution in [0.5, 0.6) is 5.75 Å². The molecule has 0 saturated carbocycles. The fourth-order valence-corrected chi connectivity index (χ4v) is 2.11. The maximum absolute atomic E-state index is 11.8. The van der Waals surface area contributed by atoms with E-state index in [1.54, 1.807) is 0 Å². The van der Waals surface area contributed by atoms with Gasteiger partial charge in [0.2, 0.25) is 5.91 Å². The summed E-state index contributed by atoms with van der Waals surface area (Å²) in [5, 5.41) is 22.7. The number of phenols is 1. The number of nitro benzene ring substituents is 1. The first-order chi connectivity index (χ1) is 9.56. The Morgan fingerprint density at radius 3 is 3.00 bits per heavy atom. The summed E-state index contributed by atoms with van der Waals surface area (Å²) in [6, 6.07) is 3.50. The standard InChI is InChI=1S/C13H16N2O5/c16-12-5-3-9(15(18)19)8-11(12)14-13(17)6-4-10-2-1-7-20-10/h3,5,8,10,16H,1-2,4,6-7H2,(H,14,17). The SMILES string of the molecule is O=C(CCC1CCCO1)Nc1cc([N+](=O)[O-])ccc1O. The predicted molar refractivity (Wildman–Crippen MR) is 71.6 cm³/mol. The molecule has 0 aliphatic carbocycles. The van der Waals surface area contributed by atoms with E-state index in [1.807, 2.05) is 0 Å². The van der Waals surface area contributed by atoms with Gasteiger partial charge in [-0.1, -0.05) is 0 Å². The van der Waals surface area contributed by atoms with Gasteiger partial charge in [0.1, 0.15) is 5.75 Å². The summed E-state index contributed by atoms with van der Waals surface area (Å²) in [4.78, 5) is 21.8. The van der Waals surface area contributed by atoms with Gasteiger partial charge in [0.05, 0.1) is 16.7 Å². The molecular weight excluding hydrogens is 264 g/mol. The number of hydrogen-bond acceptors (Lipinski definition) is 5. The number of carbonyl (C=O) groups excluding carboxylic acids is 1. The van der Waals surface area contributed by atoms with Crippen LogP contribution in [0.1, 0.15) is 25.7 Å². The van der Waals surface area contributed by atoms with Crippen molar-refractivity contribution in [3.8, 4) is 5.75 Å². The molecule has 1 unspecified atom stereocenters. The number of nitrogens with one attached hydrogen (secondary N) is 1. The second-order valence-corrected chi connectivity index (χ2v) is 4.68. The van der Waals surface area contributed by atoms with E-state index in [1.165, 1.54) is 12.1 Å². The van der Waals surface area contributed by atoms with Crippen LogP contribution in [0.3, 0.4) is 0 Å². The quantitative estimate of drug-likeness (QED) is 0.489. The van der Waals surface area contributed by atoms with Crippen molar-refractivity contribution in [3.63, 3.8) is 0 Å². The van der Waals surface area contributed by atoms with Crippen LogP contribution in [-0.2, 0) is 9.53 Å². The molecule has 1 amide bonds. The van der Waals surface area contributed by atoms with E-state index in [4.69, 9.17) is 4.74 Å². The number of nitro groups is 1. The normalized spacial score (nSPS) is 17.9. The number of hydrogen-bond donors (Lipinski definition) is 2. The summed E-state index contributed by atoms with van der Waals surface area (Å²) in [6.07, 6.45) is 2.95. The lowest BCUT2D eigenvalue weighted by atomic mass is 10.1. The van der Waals surface area contributed by atoms with Gasteiger partial charge in [-0.25, -0.2) is 0 Å². The highest BCUT2D eigenvalue weighted by atomic mass is 16.6. The molecule has 0 aromatic heterocycles. The Bertz CT molecular complexity index is 511. The third-order valence-electron chi connectivity index (χ3n) is 3.18. The molecule has 1 saturated heterocycles. The zero-order valence-electron chi connectivity index (χ0n) is 10.9. The van der Waals surface area contributed by atoms with E-state index in [9.17, 15) is 20.0 Å². The summed E-state index contributed by atoms with van der Waals surface area (Å²) in [6.45, 7) is 0.734. The van der Waals surface area contributed by atoms with Crippen LogP contribution < -0.4 is 5.32 Å². The van der Waals surface area contributed by atoms with E-state index in [2.05, 4.69) is 5.32 Å². The largest absolute Gasteiger partial charge is 0.506 e. The second kappa shape index (κ2) is 6.33. The monoisotopic (exact) mass is 280 g/mol. The summed E-state index contributed by atoms with van der Waals surface area (Å²) in [5.74, 6) is -0.489. The molecule has 7 nitrogen and oxygen atoms in total. The highest BCUT2D eigenvalue weighted by Crippen LogP contribution is 2.28. The molecule has 0 radical (unpaired) electrons. The second-order valence-electron chi connectivity index (χ2n) is 4.68. The molecule has 1 aromatic rings. The molecule has 1 aliphatic heterocycles. The van der Waals surface area contributed by atoms with Crippen LogP contribution in [0.2, 0.25) is 0 Å². The van der Waals surface area contributed by atoms with Gasteiger partial charge in [-0.2, -0.15) is 0 Å². The molecule has 2 rings (SSSR count). The Morgan fingerprint density at radius 1 is 1.55 bits per heavy atom. The van der Waals surface area contributed by atoms with Crippen LogP contribution in [-0.4, -0.2) is 28.6 Å². The van der Waals surface area contributed by atoms with Gasteiger partial charge >= 0.3 is 0 Å². The molecule has 1 atom stereocenters. The number of ether oxygens (including phenoxy) is 1. The van der Waals surface area contributed by atoms with Crippen molar-refractivity contribution < 1.29 is 19.6 Å². The minimum Gasteiger partial charge on any atom is -0.506 e. The van der Waals surface area contributed by atoms with Gasteiger partial charge in [0.25, 0.3) is 5.69 Å². The third-order valence-corrected chi connectivity index (χ3v) is 3.18. The lowest BCUT2D eigenvalue weighted by molar-refractivity contribution is -0.384. The van der Waals surface area contributed by atoms with Crippen molar-refractivity contribution in [2.45, 2.75) is 31.8 Å². The minimum atomic E-state index is -0.582. The molecule has 1 fully saturated rings. The summed E-state index contributed by atoms with van der Waals surface area (Å²) >= 11 is 0. The average molecular weight is 280 g/mol. The number of non-ortho nitro benzene ring substituents is 1. The third kappa shape index (κ3) is 3.67. The van der Waals surface area contributed by atoms with Crippen molar-refractivity contribution >= 4 is 17.3 Å². The van der Waals surface area contributed by atoms with Gasteiger partial charge in [0, 0.05) is 25.2 Å². The zero-order chi connectivity index (χ0) is 14.5. The Kier molecular flexibility index (Phi) is 4.52. The number of nitrogens with zero attached hydrogens (tertiary/aromatic N) is 1. The maximum atomic E-state index is 11.8. The molecule has 1 heterocycles. The van der Waals surface area contributed by atoms with Gasteiger partial charge in [-0.3, -0.25) is 14.9 Å². The van der Waals surface area contributed by atoms with Crippen LogP contribution in [0.15, 0.2) is 18.2 Å². The number of benzene rings is 1. The number of phenolic OH excluding ortho intramolecular Hbond substituents is 1. The van der Waals surface area contributed by atoms with Crippen LogP contribution in [0, 0.1) is 10.1 Å². The zero-order valence-corrected chi connectivity index (χ0v) is 10.9. The van der Waals surface area contributed by atoms with Gasteiger partial charge in [-0.15, -0.1) is 0 Å². The number of aromatic hydroxyl groups is 1. The minimum absolute atomic E-state index is 0.0524. The average Bonchev–Trinajstić information content (AvgIpc) is 2.92. The van der Waals surface area contributed by atoms with Gasteiger partial charge in [-0.05, 0) is 25.3 Å². The van der Waals surface area contributed by atoms with E-state index in [0.29, 0.717) is 6.42 Å². The van der Waals surface area contributed by atoms with Crippen LogP contribution in [0.4, 0.5) is 11.4 Å². The number of carbonyl (C=O) groups is 1. The highest BCUT2D eigenvalue weighted by Gasteiger charge is 2.18. The number of anilines is 1. The lowest BCUT2D eigenvalue weighted by Gasteiger charge is -2.10. The van der Waals surface area contributed by atoms with Crippen molar-refractivity contribution in [1.82, 2.24) is 0 Å². The van der Waals surface area contributed by atoms with Crippen molar-refractivity contribution in [1.29, 1.82) is 0 Å². The van der Waals surface area contributed by atoms with E-state index < -0.39 is 4.92 Å². The summed E-state index contributed by atoms with van der Waals surface area (Å²) in [5.41, 5.74) is -0.131. The van der Waals surface area contributed by atoms with Gasteiger partial charge < -0.3 is 15.2 Å². The maximum Gasteiger partial charge on any atom is 0.271 e. The van der Waals surface area contributed by atoms with Crippen molar-refractivity contribution in [2.24, 2.45) is 0 Å². The lowest BCUT2D eigenvalue weighted by Crippen LogP contribution is -2.15. The highest BCUT2D eigenvalue weighted by molar-refractivity contribution is 5.92. The van der Waals surface area contributed by atoms with Gasteiger partial charge in [0.15, 0.2) is 0 Å². The van der Waals surface area contributed by atoms with Crippen LogP contribution >= 0.6 is 0 Å². The molecule has 0 spiro atoms. The smallest absolute Gasteiger partial charge is 0.271 e. The Balaban J connectivity index is 1.92. The molecule has 2 N–H and O–H groups in total. The predicted octanol–water partition coefficient (Wildman–Crippen LogP) is 2.20. The molecular formula is C13H16N2O5. The first-order valence-electron chi connectivity index (χ1n) is 6.45. The number of rotatable bonds is 5. The number of amides is 1. The topological polar surface area (TPSA) is 102 Å². The fourth-order valence-electron chi connectivity index (χ4n) is 2.11. The Hall–Kier alpha value is -2.15. The Morgan fingerprint density at radius 2 is 2.35 bits per heavy atom. The molecule has 7 heteroatoms. The fraction of sp³-hybridized carbons (Fsp3) is 0.462. The van der Waals surface area contributed by atoms with E-state index >= 15 is 0 Å². The first-order valence-corrected chi connectivity index (χ1v) is 6.45. The van der Waals surface area contributed by atoms with E-state index in [0.717, 1.165) is 25.5 Å². The van der Waals surface area contributed by atoms with Crippen LogP contribution in [0.25, 0.3) is 0 Å². The molecule has 1 aliphatic rings. The summed E-state index contributed by atoms with van der Waals surface area (Å²) in [7, 11) is 0. The first kappa shape index (κ1) is 14.3. The Labute approximate surface area is 115 Å².